The van der Waals surface area contributed by atoms with Gasteiger partial charge in [-0.2, -0.15) is 5.10 Å². The predicted octanol–water partition coefficient (Wildman–Crippen LogP) is 1.61. The maximum absolute atomic E-state index is 12.8. The first-order valence-corrected chi connectivity index (χ1v) is 6.44. The molecule has 1 heterocycles. The maximum Gasteiger partial charge on any atom is 0.372 e. The number of halogens is 1. The Morgan fingerprint density at radius 3 is 2.45 bits per heavy atom. The third-order valence-corrected chi connectivity index (χ3v) is 3.06. The summed E-state index contributed by atoms with van der Waals surface area (Å²) >= 11 is 0. The first-order chi connectivity index (χ1) is 10.4. The van der Waals surface area contributed by atoms with Crippen LogP contribution in [0.25, 0.3) is 0 Å². The summed E-state index contributed by atoms with van der Waals surface area (Å²) in [5.74, 6) is -3.72. The van der Waals surface area contributed by atoms with E-state index in [0.29, 0.717) is 12.2 Å². The highest BCUT2D eigenvalue weighted by Crippen LogP contribution is 2.11. The molecule has 1 N–H and O–H groups in total. The zero-order valence-corrected chi connectivity index (χ0v) is 11.7. The van der Waals surface area contributed by atoms with Gasteiger partial charge in [0.1, 0.15) is 5.82 Å². The lowest BCUT2D eigenvalue weighted by atomic mass is 10.1. The fraction of sp³-hybridized carbons (Fsp3) is 0.200. The number of ketones is 2. The van der Waals surface area contributed by atoms with Crippen LogP contribution >= 0.6 is 0 Å². The Morgan fingerprint density at radius 2 is 1.86 bits per heavy atom. The van der Waals surface area contributed by atoms with E-state index in [4.69, 9.17) is 5.11 Å². The van der Waals surface area contributed by atoms with Gasteiger partial charge in [-0.05, 0) is 24.6 Å². The quantitative estimate of drug-likeness (QED) is 0.497. The lowest BCUT2D eigenvalue weighted by Gasteiger charge is -2.01. The summed E-state index contributed by atoms with van der Waals surface area (Å²) in [6.45, 7) is 1.93. The molecule has 2 rings (SSSR count). The number of aromatic nitrogens is 2. The molecule has 7 heteroatoms. The molecule has 0 radical (unpaired) electrons. The van der Waals surface area contributed by atoms with Gasteiger partial charge in [-0.25, -0.2) is 9.18 Å². The van der Waals surface area contributed by atoms with Gasteiger partial charge in [-0.3, -0.25) is 14.3 Å². The van der Waals surface area contributed by atoms with Gasteiger partial charge >= 0.3 is 5.97 Å². The van der Waals surface area contributed by atoms with E-state index in [1.807, 2.05) is 0 Å². The second-order valence-electron chi connectivity index (χ2n) is 4.78. The SMILES string of the molecule is Cc1nn(Cc2ccc(F)cc2)cc1C(=O)CC(=O)C(=O)O. The Morgan fingerprint density at radius 1 is 1.23 bits per heavy atom. The van der Waals surface area contributed by atoms with Crippen LogP contribution in [0.15, 0.2) is 30.5 Å². The molecule has 0 spiro atoms. The van der Waals surface area contributed by atoms with Crippen molar-refractivity contribution in [2.75, 3.05) is 0 Å². The minimum atomic E-state index is -1.63. The van der Waals surface area contributed by atoms with Crippen molar-refractivity contribution < 1.29 is 23.9 Å². The average molecular weight is 304 g/mol. The predicted molar refractivity (Wildman–Crippen MR) is 74.1 cm³/mol. The number of rotatable bonds is 6. The van der Waals surface area contributed by atoms with E-state index in [0.717, 1.165) is 5.56 Å². The Balaban J connectivity index is 2.14. The Labute approximate surface area is 125 Å². The molecule has 2 aromatic rings. The van der Waals surface area contributed by atoms with Crippen molar-refractivity contribution in [3.8, 4) is 0 Å². The van der Waals surface area contributed by atoms with Crippen LogP contribution in [0.5, 0.6) is 0 Å². The Bertz CT molecular complexity index is 735. The summed E-state index contributed by atoms with van der Waals surface area (Å²) in [5.41, 5.74) is 1.41. The van der Waals surface area contributed by atoms with E-state index >= 15 is 0 Å². The van der Waals surface area contributed by atoms with Gasteiger partial charge in [-0.1, -0.05) is 12.1 Å². The average Bonchev–Trinajstić information content (AvgIpc) is 2.82. The summed E-state index contributed by atoms with van der Waals surface area (Å²) in [6.07, 6.45) is 0.759. The number of nitrogens with zero attached hydrogens (tertiary/aromatic N) is 2. The first kappa shape index (κ1) is 15.6. The molecule has 0 fully saturated rings. The van der Waals surface area contributed by atoms with Gasteiger partial charge in [0.05, 0.1) is 24.2 Å². The highest BCUT2D eigenvalue weighted by Gasteiger charge is 2.20. The standard InChI is InChI=1S/C15H13FN2O4/c1-9-12(13(19)6-14(20)15(21)22)8-18(17-9)7-10-2-4-11(16)5-3-10/h2-5,8H,6-7H2,1H3,(H,21,22). The molecular formula is C15H13FN2O4. The summed E-state index contributed by atoms with van der Waals surface area (Å²) in [6, 6.07) is 5.84. The third-order valence-electron chi connectivity index (χ3n) is 3.06. The first-order valence-electron chi connectivity index (χ1n) is 6.44. The van der Waals surface area contributed by atoms with Crippen molar-refractivity contribution in [1.82, 2.24) is 9.78 Å². The Hall–Kier alpha value is -2.83. The van der Waals surface area contributed by atoms with Gasteiger partial charge in [0.25, 0.3) is 0 Å². The maximum atomic E-state index is 12.8. The monoisotopic (exact) mass is 304 g/mol. The van der Waals surface area contributed by atoms with E-state index in [-0.39, 0.29) is 11.4 Å². The highest BCUT2D eigenvalue weighted by atomic mass is 19.1. The van der Waals surface area contributed by atoms with Crippen LogP contribution in [-0.4, -0.2) is 32.4 Å². The molecule has 0 saturated carbocycles. The summed E-state index contributed by atoms with van der Waals surface area (Å²) < 4.78 is 14.3. The topological polar surface area (TPSA) is 89.3 Å². The number of carboxylic acid groups (broad SMARTS) is 1. The van der Waals surface area contributed by atoms with Gasteiger partial charge < -0.3 is 5.11 Å². The largest absolute Gasteiger partial charge is 0.475 e. The second-order valence-corrected chi connectivity index (χ2v) is 4.78. The number of hydrogen-bond acceptors (Lipinski definition) is 4. The minimum Gasteiger partial charge on any atom is -0.475 e. The number of hydrogen-bond donors (Lipinski definition) is 1. The van der Waals surface area contributed by atoms with E-state index in [1.54, 1.807) is 19.1 Å². The van der Waals surface area contributed by atoms with Crippen molar-refractivity contribution in [2.24, 2.45) is 0 Å². The number of Topliss-reactive ketones (excluding diaryl/α,β-unsaturated/α-hetero) is 2. The van der Waals surface area contributed by atoms with Crippen molar-refractivity contribution in [3.63, 3.8) is 0 Å². The lowest BCUT2D eigenvalue weighted by Crippen LogP contribution is -2.17. The number of aliphatic carboxylic acids is 1. The number of carbonyl (C=O) groups excluding carboxylic acids is 2. The van der Waals surface area contributed by atoms with E-state index in [9.17, 15) is 18.8 Å². The molecule has 0 saturated heterocycles. The van der Waals surface area contributed by atoms with Crippen molar-refractivity contribution in [3.05, 3.63) is 53.1 Å². The molecule has 0 atom stereocenters. The van der Waals surface area contributed by atoms with Gasteiger partial charge in [0.2, 0.25) is 5.78 Å². The molecule has 1 aromatic carbocycles. The van der Waals surface area contributed by atoms with Crippen LogP contribution in [0, 0.1) is 12.7 Å². The normalized spacial score (nSPS) is 10.5. The van der Waals surface area contributed by atoms with Crippen molar-refractivity contribution >= 4 is 17.5 Å². The molecule has 0 bridgehead atoms. The molecule has 0 amide bonds. The van der Waals surface area contributed by atoms with E-state index in [1.165, 1.54) is 23.0 Å². The van der Waals surface area contributed by atoms with Crippen molar-refractivity contribution in [1.29, 1.82) is 0 Å². The fourth-order valence-corrected chi connectivity index (χ4v) is 1.97. The van der Waals surface area contributed by atoms with E-state index < -0.39 is 24.0 Å². The number of aryl methyl sites for hydroxylation is 1. The minimum absolute atomic E-state index is 0.205. The smallest absolute Gasteiger partial charge is 0.372 e. The molecule has 6 nitrogen and oxygen atoms in total. The molecule has 0 aliphatic carbocycles. The summed E-state index contributed by atoms with van der Waals surface area (Å²) in [5, 5.41) is 12.7. The third kappa shape index (κ3) is 3.63. The fourth-order valence-electron chi connectivity index (χ4n) is 1.97. The second kappa shape index (κ2) is 6.30. The molecule has 0 aliphatic rings. The van der Waals surface area contributed by atoms with E-state index in [2.05, 4.69) is 5.10 Å². The molecule has 1 aromatic heterocycles. The zero-order valence-electron chi connectivity index (χ0n) is 11.7. The highest BCUT2D eigenvalue weighted by molar-refractivity contribution is 6.37. The number of carboxylic acids is 1. The lowest BCUT2D eigenvalue weighted by molar-refractivity contribution is -0.148. The van der Waals surface area contributed by atoms with Crippen LogP contribution in [0.4, 0.5) is 4.39 Å². The van der Waals surface area contributed by atoms with Crippen LogP contribution in [0.1, 0.15) is 28.0 Å². The van der Waals surface area contributed by atoms with Gasteiger partial charge in [0, 0.05) is 6.20 Å². The number of carbonyl (C=O) groups is 3. The summed E-state index contributed by atoms with van der Waals surface area (Å²) in [4.78, 5) is 33.5. The van der Waals surface area contributed by atoms with Crippen LogP contribution in [0.3, 0.4) is 0 Å². The van der Waals surface area contributed by atoms with Crippen LogP contribution in [0.2, 0.25) is 0 Å². The molecule has 0 unspecified atom stereocenters. The molecule has 114 valence electrons. The van der Waals surface area contributed by atoms with Gasteiger partial charge in [0.15, 0.2) is 5.78 Å². The number of benzene rings is 1. The van der Waals surface area contributed by atoms with Crippen molar-refractivity contribution in [2.45, 2.75) is 19.9 Å². The molecule has 22 heavy (non-hydrogen) atoms. The Kier molecular flexibility index (Phi) is 4.45. The van der Waals surface area contributed by atoms with Gasteiger partial charge in [-0.15, -0.1) is 0 Å². The van der Waals surface area contributed by atoms with Crippen LogP contribution in [-0.2, 0) is 16.1 Å². The molecular weight excluding hydrogens is 291 g/mol. The zero-order chi connectivity index (χ0) is 16.3. The summed E-state index contributed by atoms with van der Waals surface area (Å²) in [7, 11) is 0. The van der Waals surface area contributed by atoms with Crippen LogP contribution < -0.4 is 0 Å². The molecule has 0 aliphatic heterocycles.